The zero-order valence-electron chi connectivity index (χ0n) is 11.6. The summed E-state index contributed by atoms with van der Waals surface area (Å²) in [6, 6.07) is -1.51. The van der Waals surface area contributed by atoms with Crippen LogP contribution in [0.4, 0.5) is 0 Å². The fraction of sp³-hybridized carbons (Fsp3) is 0.818. The van der Waals surface area contributed by atoms with Crippen LogP contribution in [0.5, 0.6) is 0 Å². The van der Waals surface area contributed by atoms with Crippen molar-refractivity contribution in [3.8, 4) is 0 Å². The van der Waals surface area contributed by atoms with E-state index < -0.39 is 40.0 Å². The molecule has 8 heteroatoms. The second-order valence-electron chi connectivity index (χ2n) is 5.12. The lowest BCUT2D eigenvalue weighted by Crippen LogP contribution is -2.44. The van der Waals surface area contributed by atoms with Gasteiger partial charge in [0.15, 0.2) is 0 Å². The van der Waals surface area contributed by atoms with Crippen molar-refractivity contribution >= 4 is 22.0 Å². The van der Waals surface area contributed by atoms with Crippen LogP contribution in [0.15, 0.2) is 0 Å². The second-order valence-corrected chi connectivity index (χ2v) is 6.99. The molecular formula is C11H21NO6S. The van der Waals surface area contributed by atoms with Crippen LogP contribution in [-0.4, -0.2) is 42.9 Å². The normalized spacial score (nSPS) is 13.9. The van der Waals surface area contributed by atoms with Crippen LogP contribution in [0.25, 0.3) is 0 Å². The van der Waals surface area contributed by atoms with E-state index in [0.29, 0.717) is 6.42 Å². The summed E-state index contributed by atoms with van der Waals surface area (Å²) in [7, 11) is -3.70. The van der Waals surface area contributed by atoms with E-state index in [2.05, 4.69) is 0 Å². The van der Waals surface area contributed by atoms with Crippen molar-refractivity contribution in [3.05, 3.63) is 0 Å². The van der Waals surface area contributed by atoms with Crippen molar-refractivity contribution in [3.63, 3.8) is 0 Å². The van der Waals surface area contributed by atoms with E-state index in [-0.39, 0.29) is 5.75 Å². The zero-order chi connectivity index (χ0) is 15.3. The molecule has 112 valence electrons. The molecule has 0 aliphatic carbocycles. The lowest BCUT2D eigenvalue weighted by atomic mass is 10.2. The molecule has 0 heterocycles. The topological polar surface area (TPSA) is 110 Å². The Bertz CT molecular complexity index is 423. The Labute approximate surface area is 113 Å². The Morgan fingerprint density at radius 3 is 2.21 bits per heavy atom. The predicted octanol–water partition coefficient (Wildman–Crippen LogP) is 0.501. The third kappa shape index (κ3) is 8.55. The first-order chi connectivity index (χ1) is 8.47. The molecule has 0 unspecified atom stereocenters. The van der Waals surface area contributed by atoms with Crippen molar-refractivity contribution in [2.75, 3.05) is 5.75 Å². The molecule has 0 saturated heterocycles. The SMILES string of the molecule is CCCS(=O)(=O)N[C@@H](CC(=O)OC(C)(C)C)C(=O)O. The Morgan fingerprint density at radius 2 is 1.84 bits per heavy atom. The first-order valence-corrected chi connectivity index (χ1v) is 7.56. The van der Waals surface area contributed by atoms with Gasteiger partial charge in [-0.15, -0.1) is 0 Å². The molecule has 0 fully saturated rings. The quantitative estimate of drug-likeness (QED) is 0.662. The molecule has 19 heavy (non-hydrogen) atoms. The summed E-state index contributed by atoms with van der Waals surface area (Å²) in [5.41, 5.74) is -0.748. The summed E-state index contributed by atoms with van der Waals surface area (Å²) in [5, 5.41) is 8.92. The van der Waals surface area contributed by atoms with Crippen LogP contribution in [-0.2, 0) is 24.3 Å². The number of ether oxygens (including phenoxy) is 1. The number of nitrogens with one attached hydrogen (secondary N) is 1. The van der Waals surface area contributed by atoms with E-state index in [1.54, 1.807) is 27.7 Å². The highest BCUT2D eigenvalue weighted by Crippen LogP contribution is 2.10. The molecule has 2 N–H and O–H groups in total. The lowest BCUT2D eigenvalue weighted by Gasteiger charge is -2.21. The molecule has 0 aromatic rings. The largest absolute Gasteiger partial charge is 0.480 e. The first-order valence-electron chi connectivity index (χ1n) is 5.91. The molecule has 0 aromatic heterocycles. The van der Waals surface area contributed by atoms with Gasteiger partial charge < -0.3 is 9.84 Å². The third-order valence-electron chi connectivity index (χ3n) is 1.88. The zero-order valence-corrected chi connectivity index (χ0v) is 12.4. The molecule has 0 aliphatic rings. The van der Waals surface area contributed by atoms with E-state index in [4.69, 9.17) is 9.84 Å². The summed E-state index contributed by atoms with van der Waals surface area (Å²) in [5.74, 6) is -2.37. The summed E-state index contributed by atoms with van der Waals surface area (Å²) in [6.07, 6.45) is -0.191. The fourth-order valence-corrected chi connectivity index (χ4v) is 2.55. The van der Waals surface area contributed by atoms with Gasteiger partial charge in [-0.25, -0.2) is 13.1 Å². The smallest absolute Gasteiger partial charge is 0.322 e. The summed E-state index contributed by atoms with van der Waals surface area (Å²) in [4.78, 5) is 22.4. The van der Waals surface area contributed by atoms with Crippen molar-refractivity contribution in [2.24, 2.45) is 0 Å². The molecule has 0 aromatic carbocycles. The average molecular weight is 295 g/mol. The lowest BCUT2D eigenvalue weighted by molar-refractivity contribution is -0.158. The average Bonchev–Trinajstić information content (AvgIpc) is 2.12. The minimum atomic E-state index is -3.70. The van der Waals surface area contributed by atoms with Gasteiger partial charge in [0.1, 0.15) is 11.6 Å². The van der Waals surface area contributed by atoms with Gasteiger partial charge in [0.05, 0.1) is 12.2 Å². The van der Waals surface area contributed by atoms with Gasteiger partial charge in [0.25, 0.3) is 0 Å². The molecule has 1 atom stereocenters. The molecule has 0 rings (SSSR count). The summed E-state index contributed by atoms with van der Waals surface area (Å²) >= 11 is 0. The van der Waals surface area contributed by atoms with Crippen LogP contribution in [0.2, 0.25) is 0 Å². The van der Waals surface area contributed by atoms with Crippen molar-refractivity contribution in [1.29, 1.82) is 0 Å². The van der Waals surface area contributed by atoms with Crippen molar-refractivity contribution in [2.45, 2.75) is 52.2 Å². The Kier molecular flexibility index (Phi) is 6.44. The highest BCUT2D eigenvalue weighted by atomic mass is 32.2. The Balaban J connectivity index is 4.69. The second kappa shape index (κ2) is 6.85. The maximum absolute atomic E-state index is 11.5. The van der Waals surface area contributed by atoms with Gasteiger partial charge in [-0.1, -0.05) is 6.92 Å². The van der Waals surface area contributed by atoms with E-state index in [1.807, 2.05) is 4.72 Å². The maximum Gasteiger partial charge on any atom is 0.322 e. The number of carbonyl (C=O) groups excluding carboxylic acids is 1. The van der Waals surface area contributed by atoms with Crippen LogP contribution in [0, 0.1) is 0 Å². The van der Waals surface area contributed by atoms with Gasteiger partial charge >= 0.3 is 11.9 Å². The van der Waals surface area contributed by atoms with Crippen LogP contribution >= 0.6 is 0 Å². The predicted molar refractivity (Wildman–Crippen MR) is 69.1 cm³/mol. The molecule has 0 bridgehead atoms. The fourth-order valence-electron chi connectivity index (χ4n) is 1.27. The van der Waals surface area contributed by atoms with Crippen LogP contribution < -0.4 is 4.72 Å². The molecule has 0 amide bonds. The number of carboxylic acid groups (broad SMARTS) is 1. The van der Waals surface area contributed by atoms with Crippen LogP contribution in [0.3, 0.4) is 0 Å². The minimum Gasteiger partial charge on any atom is -0.480 e. The third-order valence-corrected chi connectivity index (χ3v) is 3.47. The standard InChI is InChI=1S/C11H21NO6S/c1-5-6-19(16,17)12-8(10(14)15)7-9(13)18-11(2,3)4/h8,12H,5-7H2,1-4H3,(H,14,15)/t8-/m0/s1. The number of carbonyl (C=O) groups is 2. The molecule has 0 spiro atoms. The number of sulfonamides is 1. The van der Waals surface area contributed by atoms with Crippen LogP contribution in [0.1, 0.15) is 40.5 Å². The Hall–Kier alpha value is -1.15. The van der Waals surface area contributed by atoms with E-state index in [0.717, 1.165) is 0 Å². The minimum absolute atomic E-state index is 0.189. The Morgan fingerprint density at radius 1 is 1.32 bits per heavy atom. The summed E-state index contributed by atoms with van der Waals surface area (Å²) < 4.78 is 29.9. The number of esters is 1. The molecule has 0 radical (unpaired) electrons. The van der Waals surface area contributed by atoms with E-state index >= 15 is 0 Å². The number of hydrogen-bond donors (Lipinski definition) is 2. The first kappa shape index (κ1) is 17.8. The van der Waals surface area contributed by atoms with E-state index in [1.165, 1.54) is 0 Å². The number of hydrogen-bond acceptors (Lipinski definition) is 5. The molecule has 7 nitrogen and oxygen atoms in total. The number of carboxylic acids is 1. The van der Waals surface area contributed by atoms with Crippen molar-refractivity contribution in [1.82, 2.24) is 4.72 Å². The van der Waals surface area contributed by atoms with Gasteiger partial charge in [-0.3, -0.25) is 9.59 Å². The summed E-state index contributed by atoms with van der Waals surface area (Å²) in [6.45, 7) is 6.58. The van der Waals surface area contributed by atoms with Gasteiger partial charge in [0.2, 0.25) is 10.0 Å². The van der Waals surface area contributed by atoms with Crippen molar-refractivity contribution < 1.29 is 27.9 Å². The molecule has 0 saturated carbocycles. The van der Waals surface area contributed by atoms with Gasteiger partial charge in [-0.05, 0) is 27.2 Å². The molecular weight excluding hydrogens is 274 g/mol. The number of aliphatic carboxylic acids is 1. The highest BCUT2D eigenvalue weighted by molar-refractivity contribution is 7.89. The molecule has 0 aliphatic heterocycles. The van der Waals surface area contributed by atoms with Gasteiger partial charge in [-0.2, -0.15) is 0 Å². The van der Waals surface area contributed by atoms with Gasteiger partial charge in [0, 0.05) is 0 Å². The monoisotopic (exact) mass is 295 g/mol. The maximum atomic E-state index is 11.5. The highest BCUT2D eigenvalue weighted by Gasteiger charge is 2.28. The van der Waals surface area contributed by atoms with E-state index in [9.17, 15) is 18.0 Å². The number of rotatable bonds is 7.